The Bertz CT molecular complexity index is 660. The lowest BCUT2D eigenvalue weighted by Gasteiger charge is -2.19. The summed E-state index contributed by atoms with van der Waals surface area (Å²) in [4.78, 5) is 34.0. The maximum absolute atomic E-state index is 12.3. The van der Waals surface area contributed by atoms with Crippen LogP contribution in [-0.2, 0) is 9.53 Å². The Kier molecular flexibility index (Phi) is 5.53. The van der Waals surface area contributed by atoms with Crippen molar-refractivity contribution in [3.05, 3.63) is 27.8 Å². The molecule has 1 aliphatic heterocycles. The number of nitrogens with zero attached hydrogens (tertiary/aromatic N) is 1. The third kappa shape index (κ3) is 3.90. The van der Waals surface area contributed by atoms with E-state index >= 15 is 0 Å². The van der Waals surface area contributed by atoms with Crippen LogP contribution in [0, 0.1) is 10.1 Å². The maximum atomic E-state index is 12.3. The van der Waals surface area contributed by atoms with Crippen LogP contribution in [0.4, 0.5) is 5.69 Å². The van der Waals surface area contributed by atoms with Crippen molar-refractivity contribution in [3.8, 4) is 11.5 Å². The number of hydrogen-bond acceptors (Lipinski definition) is 7. The fourth-order valence-electron chi connectivity index (χ4n) is 2.14. The Morgan fingerprint density at radius 1 is 1.38 bits per heavy atom. The third-order valence-corrected chi connectivity index (χ3v) is 3.32. The minimum atomic E-state index is -1.26. The van der Waals surface area contributed by atoms with Gasteiger partial charge in [0.15, 0.2) is 11.5 Å². The molecule has 130 valence electrons. The molecule has 2 N–H and O–H groups in total. The summed E-state index contributed by atoms with van der Waals surface area (Å²) in [7, 11) is 1.40. The predicted molar refractivity (Wildman–Crippen MR) is 79.5 cm³/mol. The second-order valence-corrected chi connectivity index (χ2v) is 4.92. The molecule has 24 heavy (non-hydrogen) atoms. The van der Waals surface area contributed by atoms with E-state index in [9.17, 15) is 19.7 Å². The van der Waals surface area contributed by atoms with Crippen LogP contribution in [0.2, 0.25) is 0 Å². The van der Waals surface area contributed by atoms with Crippen molar-refractivity contribution in [2.24, 2.45) is 0 Å². The molecule has 1 atom stereocenters. The van der Waals surface area contributed by atoms with Crippen molar-refractivity contribution in [2.45, 2.75) is 12.5 Å². The standard InChI is InChI=1S/C14H16N2O8/c1-22-3-2-9(14(18)19)15-13(17)8-6-11-12(24-5-4-23-11)7-10(8)16(20)21/h6-7,9H,2-5H2,1H3,(H,15,17)(H,18,19). The summed E-state index contributed by atoms with van der Waals surface area (Å²) in [5, 5.41) is 22.6. The zero-order chi connectivity index (χ0) is 17.7. The van der Waals surface area contributed by atoms with Gasteiger partial charge in [0.25, 0.3) is 11.6 Å². The van der Waals surface area contributed by atoms with E-state index in [1.165, 1.54) is 13.2 Å². The van der Waals surface area contributed by atoms with Gasteiger partial charge in [0.1, 0.15) is 24.8 Å². The Morgan fingerprint density at radius 3 is 2.54 bits per heavy atom. The average molecular weight is 340 g/mol. The van der Waals surface area contributed by atoms with Gasteiger partial charge in [-0.3, -0.25) is 14.9 Å². The Balaban J connectivity index is 2.30. The zero-order valence-electron chi connectivity index (χ0n) is 12.8. The Morgan fingerprint density at radius 2 is 2.00 bits per heavy atom. The molecule has 0 spiro atoms. The van der Waals surface area contributed by atoms with Crippen LogP contribution >= 0.6 is 0 Å². The second kappa shape index (κ2) is 7.59. The lowest BCUT2D eigenvalue weighted by molar-refractivity contribution is -0.385. The van der Waals surface area contributed by atoms with Crippen molar-refractivity contribution in [1.82, 2.24) is 5.32 Å². The van der Waals surface area contributed by atoms with Gasteiger partial charge in [0.05, 0.1) is 11.0 Å². The SMILES string of the molecule is COCCC(NC(=O)c1cc2c(cc1[N+](=O)[O-])OCCO2)C(=O)O. The molecule has 1 heterocycles. The number of carboxylic acids is 1. The van der Waals surface area contributed by atoms with Gasteiger partial charge in [-0.25, -0.2) is 4.79 Å². The highest BCUT2D eigenvalue weighted by Crippen LogP contribution is 2.36. The normalized spacial score (nSPS) is 13.9. The van der Waals surface area contributed by atoms with E-state index in [0.717, 1.165) is 6.07 Å². The highest BCUT2D eigenvalue weighted by Gasteiger charge is 2.29. The number of nitrogens with one attached hydrogen (secondary N) is 1. The van der Waals surface area contributed by atoms with E-state index in [2.05, 4.69) is 5.32 Å². The molecule has 10 nitrogen and oxygen atoms in total. The first-order valence-electron chi connectivity index (χ1n) is 7.04. The summed E-state index contributed by atoms with van der Waals surface area (Å²) in [5.41, 5.74) is -0.791. The number of carboxylic acid groups (broad SMARTS) is 1. The first kappa shape index (κ1) is 17.5. The van der Waals surface area contributed by atoms with Crippen molar-refractivity contribution in [2.75, 3.05) is 26.9 Å². The van der Waals surface area contributed by atoms with Gasteiger partial charge in [0, 0.05) is 26.2 Å². The molecule has 1 aromatic carbocycles. The first-order valence-corrected chi connectivity index (χ1v) is 7.04. The third-order valence-electron chi connectivity index (χ3n) is 3.32. The van der Waals surface area contributed by atoms with E-state index < -0.39 is 28.5 Å². The summed E-state index contributed by atoms with van der Waals surface area (Å²) in [6.07, 6.45) is 0.0237. The molecule has 0 aromatic heterocycles. The van der Waals surface area contributed by atoms with Gasteiger partial charge in [-0.1, -0.05) is 0 Å². The van der Waals surface area contributed by atoms with Crippen LogP contribution in [-0.4, -0.2) is 54.9 Å². The minimum absolute atomic E-state index is 0.0237. The molecular formula is C14H16N2O8. The van der Waals surface area contributed by atoms with E-state index in [0.29, 0.717) is 0 Å². The number of methoxy groups -OCH3 is 1. The van der Waals surface area contributed by atoms with Gasteiger partial charge in [-0.15, -0.1) is 0 Å². The molecule has 1 aliphatic rings. The van der Waals surface area contributed by atoms with E-state index in [-0.39, 0.29) is 43.3 Å². The number of nitro groups is 1. The second-order valence-electron chi connectivity index (χ2n) is 4.92. The Labute approximate surface area is 136 Å². The number of ether oxygens (including phenoxy) is 3. The van der Waals surface area contributed by atoms with Crippen LogP contribution in [0.15, 0.2) is 12.1 Å². The molecule has 0 radical (unpaired) electrons. The van der Waals surface area contributed by atoms with Gasteiger partial charge in [-0.05, 0) is 0 Å². The minimum Gasteiger partial charge on any atom is -0.486 e. The number of hydrogen-bond donors (Lipinski definition) is 2. The van der Waals surface area contributed by atoms with Crippen molar-refractivity contribution >= 4 is 17.6 Å². The lowest BCUT2D eigenvalue weighted by atomic mass is 10.1. The molecule has 0 fully saturated rings. The van der Waals surface area contributed by atoms with Crippen molar-refractivity contribution in [1.29, 1.82) is 0 Å². The van der Waals surface area contributed by atoms with Crippen LogP contribution in [0.1, 0.15) is 16.8 Å². The molecule has 1 aromatic rings. The number of nitro benzene ring substituents is 1. The highest BCUT2D eigenvalue weighted by molar-refractivity contribution is 6.00. The van der Waals surface area contributed by atoms with Gasteiger partial charge < -0.3 is 24.6 Å². The number of carbonyl (C=O) groups is 2. The predicted octanol–water partition coefficient (Wildman–Crippen LogP) is 0.585. The lowest BCUT2D eigenvalue weighted by Crippen LogP contribution is -2.41. The molecule has 1 unspecified atom stereocenters. The molecule has 0 saturated heterocycles. The zero-order valence-corrected chi connectivity index (χ0v) is 12.8. The van der Waals surface area contributed by atoms with Crippen molar-refractivity contribution < 1.29 is 33.8 Å². The van der Waals surface area contributed by atoms with Crippen LogP contribution in [0.5, 0.6) is 11.5 Å². The number of aliphatic carboxylic acids is 1. The summed E-state index contributed by atoms with van der Waals surface area (Å²) >= 11 is 0. The number of carbonyl (C=O) groups excluding carboxylic acids is 1. The fraction of sp³-hybridized carbons (Fsp3) is 0.429. The fourth-order valence-corrected chi connectivity index (χ4v) is 2.14. The number of rotatable bonds is 7. The van der Waals surface area contributed by atoms with Crippen LogP contribution in [0.25, 0.3) is 0 Å². The Hall–Kier alpha value is -2.88. The van der Waals surface area contributed by atoms with E-state index in [1.807, 2.05) is 0 Å². The average Bonchev–Trinajstić information content (AvgIpc) is 2.56. The highest BCUT2D eigenvalue weighted by atomic mass is 16.6. The monoisotopic (exact) mass is 340 g/mol. The van der Waals surface area contributed by atoms with Crippen molar-refractivity contribution in [3.63, 3.8) is 0 Å². The van der Waals surface area contributed by atoms with Gasteiger partial charge >= 0.3 is 5.97 Å². The van der Waals surface area contributed by atoms with Gasteiger partial charge in [-0.2, -0.15) is 0 Å². The largest absolute Gasteiger partial charge is 0.486 e. The van der Waals surface area contributed by atoms with E-state index in [1.54, 1.807) is 0 Å². The molecular weight excluding hydrogens is 324 g/mol. The smallest absolute Gasteiger partial charge is 0.326 e. The summed E-state index contributed by atoms with van der Waals surface area (Å²) in [6.45, 7) is 0.603. The van der Waals surface area contributed by atoms with E-state index in [4.69, 9.17) is 19.3 Å². The number of amides is 1. The molecule has 10 heteroatoms. The maximum Gasteiger partial charge on any atom is 0.326 e. The van der Waals surface area contributed by atoms with Gasteiger partial charge in [0.2, 0.25) is 0 Å². The summed E-state index contributed by atoms with van der Waals surface area (Å²) in [5.74, 6) is -1.79. The summed E-state index contributed by atoms with van der Waals surface area (Å²) < 4.78 is 15.3. The van der Waals surface area contributed by atoms with Crippen LogP contribution in [0.3, 0.4) is 0 Å². The van der Waals surface area contributed by atoms with Crippen LogP contribution < -0.4 is 14.8 Å². The quantitative estimate of drug-likeness (QED) is 0.543. The number of benzene rings is 1. The number of fused-ring (bicyclic) bond motifs is 1. The molecule has 0 aliphatic carbocycles. The summed E-state index contributed by atoms with van der Waals surface area (Å²) in [6, 6.07) is 1.04. The topological polar surface area (TPSA) is 137 Å². The first-order chi connectivity index (χ1) is 11.4. The molecule has 2 rings (SSSR count). The molecule has 0 saturated carbocycles. The molecule has 0 bridgehead atoms. The molecule has 1 amide bonds.